The van der Waals surface area contributed by atoms with E-state index in [0.717, 1.165) is 22.5 Å². The minimum Gasteiger partial charge on any atom is -0.456 e. The monoisotopic (exact) mass is 699 g/mol. The maximum absolute atomic E-state index is 6.37. The fourth-order valence-corrected chi connectivity index (χ4v) is 12.9. The third kappa shape index (κ3) is 4.35. The van der Waals surface area contributed by atoms with Crippen molar-refractivity contribution >= 4 is 99.7 Å². The van der Waals surface area contributed by atoms with Gasteiger partial charge in [0.25, 0.3) is 0 Å². The van der Waals surface area contributed by atoms with Crippen LogP contribution in [0.3, 0.4) is 0 Å². The molecular formula is C48H33NOSSi. The molecule has 1 aliphatic rings. The lowest BCUT2D eigenvalue weighted by molar-refractivity contribution is 0.669. The summed E-state index contributed by atoms with van der Waals surface area (Å²) in [6.07, 6.45) is 0. The Hall–Kier alpha value is -5.94. The van der Waals surface area contributed by atoms with Crippen molar-refractivity contribution in [2.45, 2.75) is 13.1 Å². The van der Waals surface area contributed by atoms with Crippen LogP contribution in [0.1, 0.15) is 0 Å². The minimum atomic E-state index is -2.06. The predicted molar refractivity (Wildman–Crippen MR) is 226 cm³/mol. The molecule has 0 unspecified atom stereocenters. The zero-order valence-electron chi connectivity index (χ0n) is 28.9. The van der Waals surface area contributed by atoms with Crippen LogP contribution in [-0.4, -0.2) is 8.07 Å². The van der Waals surface area contributed by atoms with Crippen LogP contribution in [-0.2, 0) is 0 Å². The van der Waals surface area contributed by atoms with Crippen LogP contribution in [0.5, 0.6) is 0 Å². The van der Waals surface area contributed by atoms with Gasteiger partial charge >= 0.3 is 0 Å². The lowest BCUT2D eigenvalue weighted by atomic mass is 9.98. The quantitative estimate of drug-likeness (QED) is 0.170. The maximum atomic E-state index is 6.37. The van der Waals surface area contributed by atoms with E-state index in [1.807, 2.05) is 11.3 Å². The van der Waals surface area contributed by atoms with Crippen molar-refractivity contribution in [3.63, 3.8) is 0 Å². The van der Waals surface area contributed by atoms with Crippen molar-refractivity contribution < 1.29 is 4.42 Å². The van der Waals surface area contributed by atoms with E-state index in [-0.39, 0.29) is 0 Å². The Morgan fingerprint density at radius 3 is 2.13 bits per heavy atom. The number of thiophene rings is 1. The van der Waals surface area contributed by atoms with E-state index in [4.69, 9.17) is 4.42 Å². The lowest BCUT2D eigenvalue weighted by Gasteiger charge is -2.28. The molecule has 8 aromatic carbocycles. The Labute approximate surface area is 306 Å². The van der Waals surface area contributed by atoms with Gasteiger partial charge in [0.2, 0.25) is 0 Å². The van der Waals surface area contributed by atoms with E-state index in [1.165, 1.54) is 80.0 Å². The first-order valence-corrected chi connectivity index (χ1v) is 21.7. The summed E-state index contributed by atoms with van der Waals surface area (Å²) in [6, 6.07) is 60.4. The van der Waals surface area contributed by atoms with Gasteiger partial charge in [-0.25, -0.2) is 0 Å². The van der Waals surface area contributed by atoms with E-state index in [9.17, 15) is 0 Å². The molecule has 0 saturated carbocycles. The highest BCUT2D eigenvalue weighted by Crippen LogP contribution is 2.44. The van der Waals surface area contributed by atoms with Gasteiger partial charge in [0.15, 0.2) is 0 Å². The van der Waals surface area contributed by atoms with Gasteiger partial charge in [-0.3, -0.25) is 0 Å². The molecule has 0 bridgehead atoms. The molecule has 246 valence electrons. The molecule has 0 N–H and O–H groups in total. The minimum absolute atomic E-state index is 0.949. The van der Waals surface area contributed by atoms with Gasteiger partial charge < -0.3 is 9.32 Å². The van der Waals surface area contributed by atoms with Crippen molar-refractivity contribution in [2.75, 3.05) is 4.90 Å². The number of hydrogen-bond donors (Lipinski definition) is 0. The zero-order chi connectivity index (χ0) is 34.6. The summed E-state index contributed by atoms with van der Waals surface area (Å²) in [5.74, 6) is 0. The molecule has 0 spiro atoms. The SMILES string of the molecule is C[Si]1(C)c2cc(N(c3cccc(-c4ccc5ccccc5c4)c3)c3ccc4c(c3)sc3ccccc34)ccc2-c2c1ccc1oc3ccccc3c21. The van der Waals surface area contributed by atoms with Gasteiger partial charge in [-0.1, -0.05) is 116 Å². The predicted octanol–water partition coefficient (Wildman–Crippen LogP) is 13.0. The molecule has 0 radical (unpaired) electrons. The van der Waals surface area contributed by atoms with E-state index >= 15 is 0 Å². The van der Waals surface area contributed by atoms with Crippen molar-refractivity contribution in [3.8, 4) is 22.3 Å². The van der Waals surface area contributed by atoms with E-state index < -0.39 is 8.07 Å². The molecule has 11 rings (SSSR count). The number of benzene rings is 8. The highest BCUT2D eigenvalue weighted by atomic mass is 32.1. The average Bonchev–Trinajstić information content (AvgIpc) is 3.82. The Morgan fingerprint density at radius 2 is 1.21 bits per heavy atom. The summed E-state index contributed by atoms with van der Waals surface area (Å²) in [5.41, 5.74) is 10.5. The summed E-state index contributed by atoms with van der Waals surface area (Å²) in [5, 5.41) is 10.5. The molecule has 0 saturated heterocycles. The third-order valence-corrected chi connectivity index (χ3v) is 15.9. The zero-order valence-corrected chi connectivity index (χ0v) is 30.7. The van der Waals surface area contributed by atoms with Crippen molar-refractivity contribution in [2.24, 2.45) is 0 Å². The summed E-state index contributed by atoms with van der Waals surface area (Å²) in [6.45, 7) is 5.01. The smallest absolute Gasteiger partial charge is 0.136 e. The Morgan fingerprint density at radius 1 is 0.481 bits per heavy atom. The number of nitrogens with zero attached hydrogens (tertiary/aromatic N) is 1. The Balaban J connectivity index is 1.12. The average molecular weight is 700 g/mol. The molecule has 0 aliphatic carbocycles. The number of anilines is 3. The van der Waals surface area contributed by atoms with Crippen molar-refractivity contribution in [1.82, 2.24) is 0 Å². The van der Waals surface area contributed by atoms with Crippen LogP contribution in [0.2, 0.25) is 13.1 Å². The lowest BCUT2D eigenvalue weighted by Crippen LogP contribution is -2.49. The van der Waals surface area contributed by atoms with Gasteiger partial charge in [0.1, 0.15) is 19.2 Å². The van der Waals surface area contributed by atoms with Gasteiger partial charge in [-0.05, 0) is 104 Å². The summed E-state index contributed by atoms with van der Waals surface area (Å²) >= 11 is 1.87. The van der Waals surface area contributed by atoms with E-state index in [2.05, 4.69) is 182 Å². The number of hydrogen-bond acceptors (Lipinski definition) is 3. The fraction of sp³-hybridized carbons (Fsp3) is 0.0417. The first-order valence-electron chi connectivity index (χ1n) is 17.9. The molecular weight excluding hydrogens is 667 g/mol. The maximum Gasteiger partial charge on any atom is 0.136 e. The topological polar surface area (TPSA) is 16.4 Å². The molecule has 2 aromatic heterocycles. The fourth-order valence-electron chi connectivity index (χ4n) is 8.66. The molecule has 2 nitrogen and oxygen atoms in total. The highest BCUT2D eigenvalue weighted by molar-refractivity contribution is 7.25. The van der Waals surface area contributed by atoms with Crippen LogP contribution in [0.15, 0.2) is 168 Å². The van der Waals surface area contributed by atoms with Gasteiger partial charge in [-0.15, -0.1) is 11.3 Å². The van der Waals surface area contributed by atoms with Crippen molar-refractivity contribution in [1.29, 1.82) is 0 Å². The van der Waals surface area contributed by atoms with Crippen LogP contribution in [0.25, 0.3) is 75.1 Å². The van der Waals surface area contributed by atoms with Gasteiger partial charge in [0, 0.05) is 48.0 Å². The normalized spacial score (nSPS) is 13.3. The standard InChI is InChI=1S/C48H33NOSSi/c1-52(2)45-25-24-42-47(39-15-5-7-16-41(39)50-42)48(45)40-23-21-36(29-46(40)52)49(35-20-22-38-37-14-6-8-17-43(37)51-44(38)28-35)34-13-9-12-32(27-34)33-19-18-30-10-3-4-11-31(30)26-33/h3-29H,1-2H3. The molecule has 3 heterocycles. The molecule has 4 heteroatoms. The third-order valence-electron chi connectivity index (χ3n) is 11.2. The molecule has 0 amide bonds. The molecule has 1 aliphatic heterocycles. The molecule has 52 heavy (non-hydrogen) atoms. The molecule has 10 aromatic rings. The number of rotatable bonds is 4. The summed E-state index contributed by atoms with van der Waals surface area (Å²) < 4.78 is 8.99. The Kier molecular flexibility index (Phi) is 6.31. The first kappa shape index (κ1) is 29.8. The molecule has 0 atom stereocenters. The number of fused-ring (bicyclic) bond motifs is 11. The van der Waals surface area contributed by atoms with Gasteiger partial charge in [-0.2, -0.15) is 0 Å². The highest BCUT2D eigenvalue weighted by Gasteiger charge is 2.39. The van der Waals surface area contributed by atoms with Crippen LogP contribution >= 0.6 is 11.3 Å². The second-order valence-electron chi connectivity index (χ2n) is 14.5. The molecule has 0 fully saturated rings. The van der Waals surface area contributed by atoms with Crippen LogP contribution in [0, 0.1) is 0 Å². The summed E-state index contributed by atoms with van der Waals surface area (Å²) in [7, 11) is -2.06. The first-order chi connectivity index (χ1) is 25.5. The Bertz CT molecular complexity index is 3080. The number of para-hydroxylation sites is 1. The largest absolute Gasteiger partial charge is 0.456 e. The van der Waals surface area contributed by atoms with Crippen LogP contribution < -0.4 is 15.3 Å². The van der Waals surface area contributed by atoms with Gasteiger partial charge in [0.05, 0.1) is 0 Å². The van der Waals surface area contributed by atoms with E-state index in [0.29, 0.717) is 0 Å². The van der Waals surface area contributed by atoms with E-state index in [1.54, 1.807) is 0 Å². The van der Waals surface area contributed by atoms with Crippen molar-refractivity contribution in [3.05, 3.63) is 164 Å². The second-order valence-corrected chi connectivity index (χ2v) is 20.0. The van der Waals surface area contributed by atoms with Crippen LogP contribution in [0.4, 0.5) is 17.1 Å². The second kappa shape index (κ2) is 11.0. The number of furan rings is 1. The summed E-state index contributed by atoms with van der Waals surface area (Å²) in [4.78, 5) is 2.46.